The van der Waals surface area contributed by atoms with E-state index in [2.05, 4.69) is 58.0 Å². The predicted molar refractivity (Wildman–Crippen MR) is 108 cm³/mol. The molecule has 27 heavy (non-hydrogen) atoms. The molecule has 1 atom stereocenters. The number of rotatable bonds is 4. The maximum absolute atomic E-state index is 11.7. The molecule has 0 spiro atoms. The molecule has 2 aromatic rings. The van der Waals surface area contributed by atoms with Crippen molar-refractivity contribution in [2.45, 2.75) is 59.3 Å². The van der Waals surface area contributed by atoms with E-state index < -0.39 is 5.97 Å². The van der Waals surface area contributed by atoms with Crippen LogP contribution in [0.3, 0.4) is 0 Å². The highest BCUT2D eigenvalue weighted by molar-refractivity contribution is 5.88. The molecule has 0 saturated heterocycles. The molecule has 144 valence electrons. The summed E-state index contributed by atoms with van der Waals surface area (Å²) in [5.41, 5.74) is 5.54. The molecule has 0 bridgehead atoms. The molecule has 4 nitrogen and oxygen atoms in total. The fourth-order valence-corrected chi connectivity index (χ4v) is 4.21. The number of aromatic nitrogens is 1. The molecular weight excluding hydrogens is 338 g/mol. The molecule has 4 heteroatoms. The van der Waals surface area contributed by atoms with Gasteiger partial charge in [-0.15, -0.1) is 0 Å². The van der Waals surface area contributed by atoms with Gasteiger partial charge < -0.3 is 9.26 Å². The van der Waals surface area contributed by atoms with Gasteiger partial charge in [-0.25, -0.2) is 4.79 Å². The number of hydrogen-bond donors (Lipinski definition) is 0. The molecule has 1 aliphatic rings. The Morgan fingerprint density at radius 1 is 1.19 bits per heavy atom. The van der Waals surface area contributed by atoms with E-state index in [0.717, 1.165) is 11.1 Å². The first-order valence-corrected chi connectivity index (χ1v) is 9.56. The van der Waals surface area contributed by atoms with Crippen LogP contribution in [0.15, 0.2) is 28.8 Å². The van der Waals surface area contributed by atoms with E-state index in [1.807, 2.05) is 13.0 Å². The number of ether oxygens (including phenoxy) is 1. The highest BCUT2D eigenvalue weighted by atomic mass is 16.5. The minimum Gasteiger partial charge on any atom is -0.461 e. The van der Waals surface area contributed by atoms with Crippen molar-refractivity contribution in [3.63, 3.8) is 0 Å². The summed E-state index contributed by atoms with van der Waals surface area (Å²) < 4.78 is 10.2. The standard InChI is InChI=1S/C23H29NO3/c1-8-26-21(25)20-13-17(27-24-20)11-14(2)16-9-10-18-19(12-16)23(6,7)15(3)22(18,4)5/h9-13,15H,8H2,1-7H3/b14-11+. The Kier molecular flexibility index (Phi) is 4.79. The van der Waals surface area contributed by atoms with Gasteiger partial charge in [0, 0.05) is 6.07 Å². The van der Waals surface area contributed by atoms with Gasteiger partial charge in [0.2, 0.25) is 0 Å². The quantitative estimate of drug-likeness (QED) is 0.658. The lowest BCUT2D eigenvalue weighted by Crippen LogP contribution is -2.30. The molecule has 1 heterocycles. The van der Waals surface area contributed by atoms with Gasteiger partial charge in [-0.05, 0) is 58.9 Å². The Hall–Kier alpha value is -2.36. The summed E-state index contributed by atoms with van der Waals surface area (Å²) in [4.78, 5) is 11.7. The molecule has 1 unspecified atom stereocenters. The van der Waals surface area contributed by atoms with E-state index in [0.29, 0.717) is 18.3 Å². The van der Waals surface area contributed by atoms with Gasteiger partial charge in [0.05, 0.1) is 6.61 Å². The Balaban J connectivity index is 1.93. The Morgan fingerprint density at radius 3 is 2.52 bits per heavy atom. The normalized spacial score (nSPS) is 20.4. The Bertz CT molecular complexity index is 902. The monoisotopic (exact) mass is 367 g/mol. The third-order valence-electron chi connectivity index (χ3n) is 6.40. The van der Waals surface area contributed by atoms with Crippen LogP contribution in [0.25, 0.3) is 11.6 Å². The number of carbonyl (C=O) groups is 1. The third kappa shape index (κ3) is 3.22. The predicted octanol–water partition coefficient (Wildman–Crippen LogP) is 5.62. The molecule has 0 fully saturated rings. The Labute approximate surface area is 161 Å². The van der Waals surface area contributed by atoms with Crippen molar-refractivity contribution < 1.29 is 14.1 Å². The highest BCUT2D eigenvalue weighted by Crippen LogP contribution is 2.53. The second-order valence-corrected chi connectivity index (χ2v) is 8.59. The van der Waals surface area contributed by atoms with Gasteiger partial charge >= 0.3 is 5.97 Å². The highest BCUT2D eigenvalue weighted by Gasteiger charge is 2.48. The van der Waals surface area contributed by atoms with Crippen molar-refractivity contribution in [1.82, 2.24) is 5.16 Å². The molecular formula is C23H29NO3. The van der Waals surface area contributed by atoms with Crippen LogP contribution in [0.2, 0.25) is 0 Å². The number of benzene rings is 1. The third-order valence-corrected chi connectivity index (χ3v) is 6.40. The van der Waals surface area contributed by atoms with Crippen LogP contribution >= 0.6 is 0 Å². The van der Waals surface area contributed by atoms with E-state index in [1.165, 1.54) is 11.1 Å². The van der Waals surface area contributed by atoms with Crippen LogP contribution in [0.1, 0.15) is 81.4 Å². The van der Waals surface area contributed by atoms with Crippen LogP contribution in [0, 0.1) is 5.92 Å². The smallest absolute Gasteiger partial charge is 0.360 e. The zero-order valence-electron chi connectivity index (χ0n) is 17.3. The second-order valence-electron chi connectivity index (χ2n) is 8.59. The van der Waals surface area contributed by atoms with E-state index in [-0.39, 0.29) is 16.5 Å². The van der Waals surface area contributed by atoms with Crippen LogP contribution in [0.4, 0.5) is 0 Å². The van der Waals surface area contributed by atoms with E-state index in [9.17, 15) is 4.79 Å². The lowest BCUT2D eigenvalue weighted by atomic mass is 9.71. The summed E-state index contributed by atoms with van der Waals surface area (Å²) in [5, 5.41) is 3.80. The molecule has 1 aliphatic carbocycles. The molecule has 0 aliphatic heterocycles. The van der Waals surface area contributed by atoms with Crippen LogP contribution in [0.5, 0.6) is 0 Å². The summed E-state index contributed by atoms with van der Waals surface area (Å²) in [7, 11) is 0. The molecule has 1 aromatic heterocycles. The zero-order valence-corrected chi connectivity index (χ0v) is 17.3. The van der Waals surface area contributed by atoms with Gasteiger partial charge in [0.25, 0.3) is 0 Å². The lowest BCUT2D eigenvalue weighted by Gasteiger charge is -2.32. The summed E-state index contributed by atoms with van der Waals surface area (Å²) in [6.45, 7) is 15.8. The summed E-state index contributed by atoms with van der Waals surface area (Å²) >= 11 is 0. The van der Waals surface area contributed by atoms with Gasteiger partial charge in [0.1, 0.15) is 0 Å². The minimum absolute atomic E-state index is 0.123. The number of nitrogens with zero attached hydrogens (tertiary/aromatic N) is 1. The SMILES string of the molecule is CCOC(=O)c1cc(/C=C(\C)c2ccc3c(c2)C(C)(C)C(C)C3(C)C)on1. The van der Waals surface area contributed by atoms with Gasteiger partial charge in [-0.1, -0.05) is 58.0 Å². The first-order valence-electron chi connectivity index (χ1n) is 9.56. The van der Waals surface area contributed by atoms with Crippen molar-refractivity contribution in [3.8, 4) is 0 Å². The van der Waals surface area contributed by atoms with Crippen LogP contribution in [-0.2, 0) is 15.6 Å². The summed E-state index contributed by atoms with van der Waals surface area (Å²) in [5.74, 6) is 0.638. The lowest BCUT2D eigenvalue weighted by molar-refractivity contribution is 0.0514. The largest absolute Gasteiger partial charge is 0.461 e. The maximum atomic E-state index is 11.7. The minimum atomic E-state index is -0.464. The van der Waals surface area contributed by atoms with Gasteiger partial charge in [-0.3, -0.25) is 0 Å². The van der Waals surface area contributed by atoms with Crippen molar-refractivity contribution in [1.29, 1.82) is 0 Å². The fourth-order valence-electron chi connectivity index (χ4n) is 4.21. The fraction of sp³-hybridized carbons (Fsp3) is 0.478. The molecule has 0 amide bonds. The van der Waals surface area contributed by atoms with Crippen molar-refractivity contribution >= 4 is 17.6 Å². The number of esters is 1. The number of hydrogen-bond acceptors (Lipinski definition) is 4. The molecule has 0 N–H and O–H groups in total. The summed E-state index contributed by atoms with van der Waals surface area (Å²) in [6.07, 6.45) is 1.91. The topological polar surface area (TPSA) is 52.3 Å². The van der Waals surface area contributed by atoms with Crippen molar-refractivity contribution in [2.24, 2.45) is 5.92 Å². The van der Waals surface area contributed by atoms with E-state index in [4.69, 9.17) is 9.26 Å². The van der Waals surface area contributed by atoms with Crippen molar-refractivity contribution in [3.05, 3.63) is 52.4 Å². The number of fused-ring (bicyclic) bond motifs is 1. The molecule has 0 radical (unpaired) electrons. The number of carbonyl (C=O) groups excluding carboxylic acids is 1. The van der Waals surface area contributed by atoms with E-state index in [1.54, 1.807) is 13.0 Å². The van der Waals surface area contributed by atoms with E-state index >= 15 is 0 Å². The molecule has 0 saturated carbocycles. The number of allylic oxidation sites excluding steroid dienone is 1. The van der Waals surface area contributed by atoms with Crippen LogP contribution in [-0.4, -0.2) is 17.7 Å². The second kappa shape index (κ2) is 6.66. The average Bonchev–Trinajstić information content (AvgIpc) is 3.13. The van der Waals surface area contributed by atoms with Gasteiger partial charge in [0.15, 0.2) is 11.5 Å². The Morgan fingerprint density at radius 2 is 1.85 bits per heavy atom. The first kappa shape index (κ1) is 19.4. The maximum Gasteiger partial charge on any atom is 0.360 e. The van der Waals surface area contributed by atoms with Crippen LogP contribution < -0.4 is 0 Å². The van der Waals surface area contributed by atoms with Gasteiger partial charge in [-0.2, -0.15) is 0 Å². The molecule has 3 rings (SSSR count). The summed E-state index contributed by atoms with van der Waals surface area (Å²) in [6, 6.07) is 8.35. The average molecular weight is 367 g/mol. The molecule has 1 aromatic carbocycles. The first-order chi connectivity index (χ1) is 12.6. The van der Waals surface area contributed by atoms with Crippen molar-refractivity contribution in [2.75, 3.05) is 6.61 Å². The zero-order chi connectivity index (χ0) is 20.0.